The van der Waals surface area contributed by atoms with E-state index in [0.717, 1.165) is 0 Å². The van der Waals surface area contributed by atoms with Crippen LogP contribution in [0.4, 0.5) is 0 Å². The molecule has 25 heavy (non-hydrogen) atoms. The summed E-state index contributed by atoms with van der Waals surface area (Å²) < 4.78 is 30.3. The molecule has 142 valence electrons. The third kappa shape index (κ3) is 4.02. The molecule has 0 spiro atoms. The lowest BCUT2D eigenvalue weighted by Crippen LogP contribution is -2.48. The van der Waals surface area contributed by atoms with E-state index in [4.69, 9.17) is 35.9 Å². The highest BCUT2D eigenvalue weighted by atomic mass is 32.1. The molecular formula is C16H26N2O6S. The largest absolute Gasteiger partial charge is 0.382 e. The van der Waals surface area contributed by atoms with Crippen LogP contribution in [0.25, 0.3) is 0 Å². The molecule has 0 aromatic carbocycles. The zero-order valence-electron chi connectivity index (χ0n) is 15.2. The standard InChI is InChI=1S/C16H26N2O6S/c1-10-8-18(15(25)17-13(10)19)14-16(2,23-7-6-20-3)12(22-5)11(24-14)9-21-4/h8,11-12,14H,6-7,9H2,1-5H3,(H,17,19,25)/t11-,12?,14-,16-/m1/s1. The fourth-order valence-electron chi connectivity index (χ4n) is 3.16. The molecule has 1 unspecified atom stereocenters. The molecule has 8 nitrogen and oxygen atoms in total. The summed E-state index contributed by atoms with van der Waals surface area (Å²) in [7, 11) is 4.81. The minimum atomic E-state index is -0.848. The maximum atomic E-state index is 11.8. The Bertz CT molecular complexity index is 690. The van der Waals surface area contributed by atoms with Crippen molar-refractivity contribution in [3.05, 3.63) is 26.9 Å². The van der Waals surface area contributed by atoms with Gasteiger partial charge in [0, 0.05) is 33.1 Å². The second-order valence-electron chi connectivity index (χ2n) is 6.14. The maximum Gasteiger partial charge on any atom is 0.254 e. The van der Waals surface area contributed by atoms with Crippen molar-refractivity contribution in [3.8, 4) is 0 Å². The monoisotopic (exact) mass is 374 g/mol. The first kappa shape index (κ1) is 20.2. The molecular weight excluding hydrogens is 348 g/mol. The average molecular weight is 374 g/mol. The number of aryl methyl sites for hydroxylation is 1. The van der Waals surface area contributed by atoms with E-state index in [-0.39, 0.29) is 22.5 Å². The molecule has 4 atom stereocenters. The van der Waals surface area contributed by atoms with Gasteiger partial charge in [0.1, 0.15) is 17.8 Å². The first-order valence-corrected chi connectivity index (χ1v) is 8.42. The SMILES string of the molecule is COCCO[C@]1(C)C(OC)[C@@H](COC)O[C@H]1n1cc(C)c(=O)[nH]c1=S. The summed E-state index contributed by atoms with van der Waals surface area (Å²) in [6.07, 6.45) is 0.355. The highest BCUT2D eigenvalue weighted by molar-refractivity contribution is 7.71. The van der Waals surface area contributed by atoms with E-state index < -0.39 is 11.8 Å². The molecule has 0 saturated carbocycles. The molecule has 0 radical (unpaired) electrons. The lowest BCUT2D eigenvalue weighted by atomic mass is 9.95. The van der Waals surface area contributed by atoms with Gasteiger partial charge < -0.3 is 23.7 Å². The Morgan fingerprint density at radius 2 is 2.04 bits per heavy atom. The van der Waals surface area contributed by atoms with Crippen LogP contribution in [-0.4, -0.2) is 68.5 Å². The van der Waals surface area contributed by atoms with E-state index >= 15 is 0 Å². The van der Waals surface area contributed by atoms with Crippen molar-refractivity contribution >= 4 is 12.2 Å². The Morgan fingerprint density at radius 3 is 2.64 bits per heavy atom. The number of ether oxygens (including phenoxy) is 5. The van der Waals surface area contributed by atoms with Crippen LogP contribution >= 0.6 is 12.2 Å². The van der Waals surface area contributed by atoms with Crippen LogP contribution in [0.15, 0.2) is 11.0 Å². The number of aromatic nitrogens is 2. The minimum Gasteiger partial charge on any atom is -0.382 e. The van der Waals surface area contributed by atoms with Gasteiger partial charge in [-0.05, 0) is 26.1 Å². The summed E-state index contributed by atoms with van der Waals surface area (Å²) in [4.78, 5) is 14.5. The Kier molecular flexibility index (Phi) is 6.89. The van der Waals surface area contributed by atoms with Crippen LogP contribution in [0.1, 0.15) is 18.7 Å². The van der Waals surface area contributed by atoms with Crippen molar-refractivity contribution in [1.82, 2.24) is 9.55 Å². The molecule has 0 bridgehead atoms. The van der Waals surface area contributed by atoms with Crippen LogP contribution in [0, 0.1) is 11.7 Å². The first-order valence-electron chi connectivity index (χ1n) is 8.01. The summed E-state index contributed by atoms with van der Waals surface area (Å²) in [5, 5.41) is 0. The number of nitrogens with one attached hydrogen (secondary N) is 1. The molecule has 2 heterocycles. The number of methoxy groups -OCH3 is 3. The highest BCUT2D eigenvalue weighted by Crippen LogP contribution is 2.42. The fourth-order valence-corrected chi connectivity index (χ4v) is 3.40. The fraction of sp³-hybridized carbons (Fsp3) is 0.750. The van der Waals surface area contributed by atoms with Crippen LogP contribution in [0.3, 0.4) is 0 Å². The van der Waals surface area contributed by atoms with E-state index in [0.29, 0.717) is 25.4 Å². The Labute approximate surface area is 152 Å². The van der Waals surface area contributed by atoms with Crippen molar-refractivity contribution < 1.29 is 23.7 Å². The summed E-state index contributed by atoms with van der Waals surface area (Å²) in [6.45, 7) is 4.75. The van der Waals surface area contributed by atoms with Gasteiger partial charge >= 0.3 is 0 Å². The van der Waals surface area contributed by atoms with Gasteiger partial charge in [-0.25, -0.2) is 0 Å². The van der Waals surface area contributed by atoms with Gasteiger partial charge in [-0.3, -0.25) is 14.3 Å². The van der Waals surface area contributed by atoms with Gasteiger partial charge in [-0.1, -0.05) is 0 Å². The number of hydrogen-bond acceptors (Lipinski definition) is 7. The molecule has 1 aliphatic rings. The average Bonchev–Trinajstić information content (AvgIpc) is 2.83. The molecule has 1 aromatic rings. The van der Waals surface area contributed by atoms with Crippen LogP contribution in [0.5, 0.6) is 0 Å². The van der Waals surface area contributed by atoms with Crippen molar-refractivity contribution in [3.63, 3.8) is 0 Å². The second-order valence-corrected chi connectivity index (χ2v) is 6.53. The Hall–Kier alpha value is -1.10. The minimum absolute atomic E-state index is 0.224. The van der Waals surface area contributed by atoms with Gasteiger partial charge in [0.05, 0.1) is 19.8 Å². The van der Waals surface area contributed by atoms with Crippen molar-refractivity contribution in [2.24, 2.45) is 0 Å². The molecule has 1 fully saturated rings. The Morgan fingerprint density at radius 1 is 1.32 bits per heavy atom. The van der Waals surface area contributed by atoms with E-state index in [1.54, 1.807) is 39.0 Å². The molecule has 1 N–H and O–H groups in total. The first-order chi connectivity index (χ1) is 11.9. The second kappa shape index (κ2) is 8.52. The molecule has 1 saturated heterocycles. The highest BCUT2D eigenvalue weighted by Gasteiger charge is 2.56. The van der Waals surface area contributed by atoms with Crippen molar-refractivity contribution in [2.75, 3.05) is 41.2 Å². The number of rotatable bonds is 8. The summed E-state index contributed by atoms with van der Waals surface area (Å²) in [5.74, 6) is 0. The van der Waals surface area contributed by atoms with Crippen molar-refractivity contribution in [2.45, 2.75) is 37.9 Å². The third-order valence-electron chi connectivity index (χ3n) is 4.38. The summed E-state index contributed by atoms with van der Waals surface area (Å²) in [5.41, 5.74) is -0.544. The zero-order chi connectivity index (χ0) is 18.6. The molecule has 2 rings (SSSR count). The molecule has 0 amide bonds. The molecule has 9 heteroatoms. The van der Waals surface area contributed by atoms with Crippen molar-refractivity contribution in [1.29, 1.82) is 0 Å². The lowest BCUT2D eigenvalue weighted by Gasteiger charge is -2.35. The molecule has 1 aliphatic heterocycles. The van der Waals surface area contributed by atoms with Crippen LogP contribution < -0.4 is 5.56 Å². The lowest BCUT2D eigenvalue weighted by molar-refractivity contribution is -0.152. The van der Waals surface area contributed by atoms with E-state index in [1.165, 1.54) is 0 Å². The summed E-state index contributed by atoms with van der Waals surface area (Å²) in [6, 6.07) is 0. The van der Waals surface area contributed by atoms with E-state index in [9.17, 15) is 4.79 Å². The van der Waals surface area contributed by atoms with Gasteiger partial charge in [0.25, 0.3) is 5.56 Å². The smallest absolute Gasteiger partial charge is 0.254 e. The predicted octanol–water partition coefficient (Wildman–Crippen LogP) is 1.19. The third-order valence-corrected chi connectivity index (χ3v) is 4.69. The summed E-state index contributed by atoms with van der Waals surface area (Å²) >= 11 is 5.33. The molecule has 0 aliphatic carbocycles. The van der Waals surface area contributed by atoms with Crippen LogP contribution in [0.2, 0.25) is 0 Å². The maximum absolute atomic E-state index is 11.8. The van der Waals surface area contributed by atoms with Gasteiger partial charge in [0.2, 0.25) is 0 Å². The topological polar surface area (TPSA) is 83.9 Å². The number of aromatic amines is 1. The van der Waals surface area contributed by atoms with Gasteiger partial charge in [0.15, 0.2) is 11.0 Å². The Balaban J connectivity index is 2.46. The zero-order valence-corrected chi connectivity index (χ0v) is 16.1. The number of nitrogens with zero attached hydrogens (tertiary/aromatic N) is 1. The molecule has 1 aromatic heterocycles. The quantitative estimate of drug-likeness (QED) is 0.541. The van der Waals surface area contributed by atoms with Gasteiger partial charge in [-0.15, -0.1) is 0 Å². The van der Waals surface area contributed by atoms with E-state index in [1.807, 2.05) is 6.92 Å². The predicted molar refractivity (Wildman–Crippen MR) is 93.4 cm³/mol. The number of hydrogen-bond donors (Lipinski definition) is 1. The van der Waals surface area contributed by atoms with E-state index in [2.05, 4.69) is 4.98 Å². The van der Waals surface area contributed by atoms with Gasteiger partial charge in [-0.2, -0.15) is 0 Å². The normalized spacial score (nSPS) is 29.2. The van der Waals surface area contributed by atoms with Crippen LogP contribution in [-0.2, 0) is 23.7 Å². The number of H-pyrrole nitrogens is 1.